The van der Waals surface area contributed by atoms with Crippen molar-refractivity contribution < 1.29 is 9.67 Å². The topological polar surface area (TPSA) is 49.3 Å². The van der Waals surface area contributed by atoms with Crippen molar-refractivity contribution in [2.75, 3.05) is 12.8 Å². The lowest BCUT2D eigenvalue weighted by atomic mass is 9.77. The largest absolute Gasteiger partial charge is 0.387 e. The van der Waals surface area contributed by atoms with Gasteiger partial charge in [0.2, 0.25) is 0 Å². The van der Waals surface area contributed by atoms with Crippen LogP contribution in [0.4, 0.5) is 0 Å². The smallest absolute Gasteiger partial charge is 0.107 e. The number of hydrogen-bond acceptors (Lipinski definition) is 3. The van der Waals surface area contributed by atoms with Crippen LogP contribution < -0.4 is 5.32 Å². The summed E-state index contributed by atoms with van der Waals surface area (Å²) in [6.45, 7) is 1.94. The quantitative estimate of drug-likeness (QED) is 0.765. The van der Waals surface area contributed by atoms with Crippen LogP contribution in [0.1, 0.15) is 64.2 Å². The van der Waals surface area contributed by atoms with Gasteiger partial charge in [-0.15, -0.1) is 0 Å². The van der Waals surface area contributed by atoms with E-state index >= 15 is 0 Å². The predicted octanol–water partition coefficient (Wildman–Crippen LogP) is 3.31. The summed E-state index contributed by atoms with van der Waals surface area (Å²) in [5, 5.41) is 14.4. The highest BCUT2D eigenvalue weighted by molar-refractivity contribution is 7.65. The molecule has 1 saturated heterocycles. The molecular formula is C15H28NO2P. The number of nitrogens with one attached hydrogen (secondary N) is 1. The van der Waals surface area contributed by atoms with E-state index in [1.165, 1.54) is 32.1 Å². The van der Waals surface area contributed by atoms with Crippen molar-refractivity contribution >= 4 is 7.14 Å². The van der Waals surface area contributed by atoms with Crippen LogP contribution in [0.3, 0.4) is 0 Å². The summed E-state index contributed by atoms with van der Waals surface area (Å²) < 4.78 is 13.2. The molecule has 3 rings (SSSR count). The highest BCUT2D eigenvalue weighted by Gasteiger charge is 2.64. The molecule has 19 heavy (non-hydrogen) atoms. The lowest BCUT2D eigenvalue weighted by Crippen LogP contribution is -2.63. The standard InChI is InChI=1S/C15H28NO2P/c1-19(18)12-11-14(17)9-5-6-10-15(14,19)16-13-7-3-2-4-8-13/h13,16-17H,2-12H2,1H3/t14-,15-,19+/m1/s1. The molecule has 3 aliphatic rings. The Hall–Kier alpha value is 0.150. The van der Waals surface area contributed by atoms with Gasteiger partial charge in [-0.1, -0.05) is 32.1 Å². The van der Waals surface area contributed by atoms with Gasteiger partial charge in [0.25, 0.3) is 0 Å². The van der Waals surface area contributed by atoms with Gasteiger partial charge in [-0.05, 0) is 38.8 Å². The van der Waals surface area contributed by atoms with E-state index in [9.17, 15) is 9.67 Å². The molecule has 3 nitrogen and oxygen atoms in total. The Morgan fingerprint density at radius 1 is 1.05 bits per heavy atom. The van der Waals surface area contributed by atoms with Crippen molar-refractivity contribution in [3.8, 4) is 0 Å². The minimum absolute atomic E-state index is 0.458. The van der Waals surface area contributed by atoms with Gasteiger partial charge in [0.05, 0.1) is 5.60 Å². The second kappa shape index (κ2) is 4.86. The Balaban J connectivity index is 1.89. The summed E-state index contributed by atoms with van der Waals surface area (Å²) in [6, 6.07) is 0.477. The van der Waals surface area contributed by atoms with Crippen molar-refractivity contribution in [2.45, 2.75) is 81.1 Å². The lowest BCUT2D eigenvalue weighted by molar-refractivity contribution is -0.0440. The zero-order chi connectivity index (χ0) is 13.6. The van der Waals surface area contributed by atoms with Crippen molar-refractivity contribution in [1.82, 2.24) is 5.32 Å². The van der Waals surface area contributed by atoms with Crippen LogP contribution >= 0.6 is 7.14 Å². The third-order valence-corrected chi connectivity index (χ3v) is 9.42. The lowest BCUT2D eigenvalue weighted by Gasteiger charge is -2.50. The molecule has 3 fully saturated rings. The molecule has 1 aliphatic heterocycles. The summed E-state index contributed by atoms with van der Waals surface area (Å²) in [4.78, 5) is 0. The Labute approximate surface area is 116 Å². The van der Waals surface area contributed by atoms with Gasteiger partial charge in [0, 0.05) is 12.2 Å². The molecule has 2 saturated carbocycles. The first-order chi connectivity index (χ1) is 8.99. The Bertz CT molecular complexity index is 394. The van der Waals surface area contributed by atoms with Crippen molar-refractivity contribution in [1.29, 1.82) is 0 Å². The zero-order valence-electron chi connectivity index (χ0n) is 12.2. The molecule has 0 bridgehead atoms. The fraction of sp³-hybridized carbons (Fsp3) is 1.00. The van der Waals surface area contributed by atoms with Gasteiger partial charge in [-0.25, -0.2) is 0 Å². The first-order valence-corrected chi connectivity index (χ1v) is 10.4. The molecule has 2 aliphatic carbocycles. The van der Waals surface area contributed by atoms with Crippen LogP contribution in [-0.2, 0) is 4.57 Å². The fourth-order valence-electron chi connectivity index (χ4n) is 4.76. The molecule has 110 valence electrons. The number of hydrogen-bond donors (Lipinski definition) is 2. The summed E-state index contributed by atoms with van der Waals surface area (Å²) in [5.41, 5.74) is -0.701. The molecule has 2 N–H and O–H groups in total. The molecule has 0 aromatic rings. The summed E-state index contributed by atoms with van der Waals surface area (Å²) in [7, 11) is -2.30. The van der Waals surface area contributed by atoms with E-state index in [0.717, 1.165) is 38.3 Å². The normalized spacial score (nSPS) is 48.1. The Morgan fingerprint density at radius 2 is 1.74 bits per heavy atom. The third-order valence-electron chi connectivity index (χ3n) is 5.96. The second-order valence-corrected chi connectivity index (χ2v) is 10.6. The van der Waals surface area contributed by atoms with E-state index in [4.69, 9.17) is 0 Å². The molecule has 0 amide bonds. The van der Waals surface area contributed by atoms with Gasteiger partial charge in [-0.3, -0.25) is 5.32 Å². The fourth-order valence-corrected chi connectivity index (χ4v) is 8.13. The third kappa shape index (κ3) is 2.13. The van der Waals surface area contributed by atoms with Gasteiger partial charge in [-0.2, -0.15) is 0 Å². The van der Waals surface area contributed by atoms with Crippen molar-refractivity contribution in [2.24, 2.45) is 0 Å². The van der Waals surface area contributed by atoms with Crippen LogP contribution in [0.5, 0.6) is 0 Å². The predicted molar refractivity (Wildman–Crippen MR) is 79.2 cm³/mol. The van der Waals surface area contributed by atoms with Crippen molar-refractivity contribution in [3.05, 3.63) is 0 Å². The maximum atomic E-state index is 13.2. The first-order valence-electron chi connectivity index (χ1n) is 8.06. The second-order valence-electron chi connectivity index (χ2n) is 7.15. The van der Waals surface area contributed by atoms with E-state index in [-0.39, 0.29) is 0 Å². The Kier molecular flexibility index (Phi) is 3.61. The maximum absolute atomic E-state index is 13.2. The molecule has 0 aromatic heterocycles. The van der Waals surface area contributed by atoms with E-state index < -0.39 is 18.0 Å². The van der Waals surface area contributed by atoms with Gasteiger partial charge in [0.15, 0.2) is 0 Å². The summed E-state index contributed by atoms with van der Waals surface area (Å²) >= 11 is 0. The molecular weight excluding hydrogens is 257 g/mol. The van der Waals surface area contributed by atoms with Gasteiger partial charge < -0.3 is 9.67 Å². The van der Waals surface area contributed by atoms with Crippen LogP contribution in [0.15, 0.2) is 0 Å². The van der Waals surface area contributed by atoms with E-state index in [0.29, 0.717) is 6.04 Å². The number of rotatable bonds is 2. The van der Waals surface area contributed by atoms with Crippen molar-refractivity contribution in [3.63, 3.8) is 0 Å². The zero-order valence-corrected chi connectivity index (χ0v) is 13.1. The van der Waals surface area contributed by atoms with Crippen LogP contribution in [0.2, 0.25) is 0 Å². The average Bonchev–Trinajstić information content (AvgIpc) is 2.60. The molecule has 3 atom stereocenters. The maximum Gasteiger partial charge on any atom is 0.107 e. The average molecular weight is 285 g/mol. The molecule has 0 radical (unpaired) electrons. The Morgan fingerprint density at radius 3 is 2.47 bits per heavy atom. The molecule has 0 aromatic carbocycles. The summed E-state index contributed by atoms with van der Waals surface area (Å²) in [5.74, 6) is 0. The van der Waals surface area contributed by atoms with E-state index in [1.807, 2.05) is 6.66 Å². The highest BCUT2D eigenvalue weighted by Crippen LogP contribution is 2.69. The summed E-state index contributed by atoms with van der Waals surface area (Å²) in [6.07, 6.45) is 11.7. The molecule has 0 spiro atoms. The van der Waals surface area contributed by atoms with E-state index in [2.05, 4.69) is 5.32 Å². The minimum atomic E-state index is -2.30. The monoisotopic (exact) mass is 285 g/mol. The molecule has 1 heterocycles. The number of fused-ring (bicyclic) bond motifs is 1. The van der Waals surface area contributed by atoms with E-state index in [1.54, 1.807) is 0 Å². The highest BCUT2D eigenvalue weighted by atomic mass is 31.2. The SMILES string of the molecule is C[P@]1(=O)CC[C@]2(O)CCCC[C@]21NC1CCCCC1. The van der Waals surface area contributed by atoms with Crippen LogP contribution in [0, 0.1) is 0 Å². The molecule has 4 heteroatoms. The first kappa shape index (κ1) is 14.1. The number of aliphatic hydroxyl groups is 1. The van der Waals surface area contributed by atoms with Gasteiger partial charge in [0.1, 0.15) is 12.4 Å². The minimum Gasteiger partial charge on any atom is -0.387 e. The van der Waals surface area contributed by atoms with Crippen LogP contribution in [0.25, 0.3) is 0 Å². The van der Waals surface area contributed by atoms with Crippen LogP contribution in [-0.4, -0.2) is 34.9 Å². The molecule has 0 unspecified atom stereocenters. The van der Waals surface area contributed by atoms with Gasteiger partial charge >= 0.3 is 0 Å².